The van der Waals surface area contributed by atoms with Gasteiger partial charge in [-0.1, -0.05) is 206 Å². The maximum Gasteiger partial charge on any atom is 0.143 e. The molecule has 1 aliphatic rings. The molecule has 0 atom stereocenters. The lowest BCUT2D eigenvalue weighted by atomic mass is 9.67. The maximum absolute atomic E-state index is 6.85. The van der Waals surface area contributed by atoms with Gasteiger partial charge in [0.25, 0.3) is 0 Å². The fraction of sp³-hybridized carbons (Fsp3) is 0.0164. The van der Waals surface area contributed by atoms with Crippen LogP contribution in [0.15, 0.2) is 253 Å². The first-order valence-electron chi connectivity index (χ1n) is 21.7. The van der Waals surface area contributed by atoms with Crippen molar-refractivity contribution < 1.29 is 4.42 Å². The lowest BCUT2D eigenvalue weighted by Gasteiger charge is -2.35. The molecule has 12 rings (SSSR count). The minimum absolute atomic E-state index is 0.616. The number of furan rings is 1. The molecule has 0 saturated carbocycles. The van der Waals surface area contributed by atoms with Crippen LogP contribution < -0.4 is 4.90 Å². The Morgan fingerprint density at radius 3 is 1.27 bits per heavy atom. The summed E-state index contributed by atoms with van der Waals surface area (Å²) in [7, 11) is 0. The number of para-hydroxylation sites is 1. The smallest absolute Gasteiger partial charge is 0.143 e. The third kappa shape index (κ3) is 6.02. The zero-order chi connectivity index (χ0) is 41.7. The monoisotopic (exact) mass is 803 g/mol. The van der Waals surface area contributed by atoms with Crippen LogP contribution in [0.1, 0.15) is 22.3 Å². The predicted octanol–water partition coefficient (Wildman–Crippen LogP) is 16.4. The number of rotatable bonds is 8. The van der Waals surface area contributed by atoms with Crippen molar-refractivity contribution in [1.82, 2.24) is 0 Å². The summed E-state index contributed by atoms with van der Waals surface area (Å²) in [5.41, 5.74) is 18.8. The van der Waals surface area contributed by atoms with Gasteiger partial charge in [0.15, 0.2) is 0 Å². The average molecular weight is 804 g/mol. The van der Waals surface area contributed by atoms with Gasteiger partial charge in [-0.2, -0.15) is 0 Å². The van der Waals surface area contributed by atoms with E-state index in [2.05, 4.69) is 254 Å². The highest BCUT2D eigenvalue weighted by Crippen LogP contribution is 2.59. The third-order valence-electron chi connectivity index (χ3n) is 13.0. The highest BCUT2D eigenvalue weighted by molar-refractivity contribution is 6.12. The van der Waals surface area contributed by atoms with Crippen molar-refractivity contribution in [3.8, 4) is 44.5 Å². The van der Waals surface area contributed by atoms with E-state index in [1.165, 1.54) is 61.2 Å². The first-order chi connectivity index (χ1) is 31.2. The van der Waals surface area contributed by atoms with Gasteiger partial charge in [-0.3, -0.25) is 0 Å². The van der Waals surface area contributed by atoms with Gasteiger partial charge >= 0.3 is 0 Å². The molecule has 0 saturated heterocycles. The van der Waals surface area contributed by atoms with E-state index in [9.17, 15) is 0 Å². The number of nitrogens with zero attached hydrogens (tertiary/aromatic N) is 1. The van der Waals surface area contributed by atoms with E-state index in [4.69, 9.17) is 4.42 Å². The summed E-state index contributed by atoms with van der Waals surface area (Å²) < 4.78 is 6.85. The molecule has 11 aromatic rings. The predicted molar refractivity (Wildman–Crippen MR) is 262 cm³/mol. The van der Waals surface area contributed by atoms with E-state index in [1.54, 1.807) is 0 Å². The number of hydrogen-bond donors (Lipinski definition) is 0. The molecule has 1 aliphatic carbocycles. The van der Waals surface area contributed by atoms with E-state index >= 15 is 0 Å². The molecule has 0 amide bonds. The summed E-state index contributed by atoms with van der Waals surface area (Å²) in [5.74, 6) is 0. The molecule has 1 aromatic heterocycles. The second-order valence-electron chi connectivity index (χ2n) is 16.4. The van der Waals surface area contributed by atoms with Crippen LogP contribution in [-0.4, -0.2) is 0 Å². The molecule has 0 N–H and O–H groups in total. The van der Waals surface area contributed by atoms with Gasteiger partial charge in [-0.25, -0.2) is 0 Å². The Balaban J connectivity index is 1.06. The number of fused-ring (bicyclic) bond motifs is 7. The van der Waals surface area contributed by atoms with Gasteiger partial charge < -0.3 is 9.32 Å². The summed E-state index contributed by atoms with van der Waals surface area (Å²) in [5, 5.41) is 2.26. The summed E-state index contributed by atoms with van der Waals surface area (Å²) in [6.07, 6.45) is 0. The first kappa shape index (κ1) is 36.6. The Hall–Kier alpha value is -8.20. The van der Waals surface area contributed by atoms with Crippen molar-refractivity contribution in [2.45, 2.75) is 5.41 Å². The standard InChI is InChI=1S/C61H41NO/c1-5-15-42(16-6-1)44-25-27-45(28-26-44)47-31-35-51(36-32-47)62(50-33-29-46(30-34-50)43-17-7-2-8-18-43)52-37-38-55-57(41-52)61(48-19-9-3-10-20-48,49-21-11-4-12-22-49)56-40-39-54-53-23-13-14-24-58(53)63-60(54)59(55)56/h1-41H. The summed E-state index contributed by atoms with van der Waals surface area (Å²) in [6.45, 7) is 0. The highest BCUT2D eigenvalue weighted by Gasteiger charge is 2.47. The molecule has 0 fully saturated rings. The maximum atomic E-state index is 6.85. The Morgan fingerprint density at radius 2 is 0.746 bits per heavy atom. The highest BCUT2D eigenvalue weighted by atomic mass is 16.3. The molecule has 0 aliphatic heterocycles. The lowest BCUT2D eigenvalue weighted by Crippen LogP contribution is -2.28. The zero-order valence-corrected chi connectivity index (χ0v) is 34.5. The Bertz CT molecular complexity index is 3350. The molecule has 0 bridgehead atoms. The van der Waals surface area contributed by atoms with Crippen LogP contribution in [0.25, 0.3) is 66.4 Å². The van der Waals surface area contributed by atoms with E-state index in [1.807, 2.05) is 0 Å². The molecule has 0 unspecified atom stereocenters. The lowest BCUT2D eigenvalue weighted by molar-refractivity contribution is 0.669. The Labute approximate surface area is 367 Å². The van der Waals surface area contributed by atoms with Gasteiger partial charge in [-0.15, -0.1) is 0 Å². The van der Waals surface area contributed by atoms with Crippen LogP contribution in [0.3, 0.4) is 0 Å². The van der Waals surface area contributed by atoms with Gasteiger partial charge in [0, 0.05) is 33.4 Å². The van der Waals surface area contributed by atoms with Crippen molar-refractivity contribution in [1.29, 1.82) is 0 Å². The second kappa shape index (κ2) is 15.1. The molecule has 2 nitrogen and oxygen atoms in total. The largest absolute Gasteiger partial charge is 0.455 e. The SMILES string of the molecule is c1ccc(-c2ccc(-c3ccc(N(c4ccc(-c5ccccc5)cc4)c4ccc5c(c4)C(c4ccccc4)(c4ccccc4)c4ccc6c(oc7ccccc76)c4-5)cc3)cc2)cc1. The van der Waals surface area contributed by atoms with Crippen LogP contribution in [0.5, 0.6) is 0 Å². The molecule has 2 heteroatoms. The van der Waals surface area contributed by atoms with Gasteiger partial charge in [0.05, 0.1) is 5.41 Å². The van der Waals surface area contributed by atoms with E-state index in [0.717, 1.165) is 44.6 Å². The van der Waals surface area contributed by atoms with E-state index in [0.29, 0.717) is 0 Å². The number of hydrogen-bond acceptors (Lipinski definition) is 2. The molecule has 296 valence electrons. The normalized spacial score (nSPS) is 12.6. The minimum atomic E-state index is -0.616. The van der Waals surface area contributed by atoms with Crippen molar-refractivity contribution in [3.63, 3.8) is 0 Å². The van der Waals surface area contributed by atoms with Crippen molar-refractivity contribution in [2.75, 3.05) is 4.90 Å². The second-order valence-corrected chi connectivity index (χ2v) is 16.4. The van der Waals surface area contributed by atoms with Gasteiger partial charge in [0.2, 0.25) is 0 Å². The zero-order valence-electron chi connectivity index (χ0n) is 34.5. The Morgan fingerprint density at radius 1 is 0.317 bits per heavy atom. The molecule has 0 spiro atoms. The number of anilines is 3. The van der Waals surface area contributed by atoms with Crippen LogP contribution in [0, 0.1) is 0 Å². The van der Waals surface area contributed by atoms with Crippen LogP contribution in [0.2, 0.25) is 0 Å². The fourth-order valence-corrected chi connectivity index (χ4v) is 10.0. The molecular formula is C61H41NO. The van der Waals surface area contributed by atoms with Gasteiger partial charge in [-0.05, 0) is 104 Å². The average Bonchev–Trinajstić information content (AvgIpc) is 3.89. The fourth-order valence-electron chi connectivity index (χ4n) is 10.0. The number of benzene rings is 10. The van der Waals surface area contributed by atoms with Crippen LogP contribution >= 0.6 is 0 Å². The molecule has 63 heavy (non-hydrogen) atoms. The first-order valence-corrected chi connectivity index (χ1v) is 21.7. The van der Waals surface area contributed by atoms with Crippen molar-refractivity contribution in [3.05, 3.63) is 271 Å². The summed E-state index contributed by atoms with van der Waals surface area (Å²) >= 11 is 0. The minimum Gasteiger partial charge on any atom is -0.455 e. The van der Waals surface area contributed by atoms with Crippen molar-refractivity contribution in [2.24, 2.45) is 0 Å². The van der Waals surface area contributed by atoms with E-state index < -0.39 is 5.41 Å². The third-order valence-corrected chi connectivity index (χ3v) is 13.0. The van der Waals surface area contributed by atoms with E-state index in [-0.39, 0.29) is 0 Å². The van der Waals surface area contributed by atoms with Crippen LogP contribution in [0.4, 0.5) is 17.1 Å². The molecule has 10 aromatic carbocycles. The topological polar surface area (TPSA) is 16.4 Å². The summed E-state index contributed by atoms with van der Waals surface area (Å²) in [4.78, 5) is 2.40. The molecule has 1 heterocycles. The Kier molecular flexibility index (Phi) is 8.76. The van der Waals surface area contributed by atoms with Gasteiger partial charge in [0.1, 0.15) is 11.2 Å². The van der Waals surface area contributed by atoms with Crippen LogP contribution in [-0.2, 0) is 5.41 Å². The quantitative estimate of drug-likeness (QED) is 0.152. The summed E-state index contributed by atoms with van der Waals surface area (Å²) in [6, 6.07) is 90.1. The molecule has 0 radical (unpaired) electrons. The molecular weight excluding hydrogens is 763 g/mol. The van der Waals surface area contributed by atoms with Crippen molar-refractivity contribution >= 4 is 39.0 Å².